The summed E-state index contributed by atoms with van der Waals surface area (Å²) in [6.45, 7) is 18.0. The first-order chi connectivity index (χ1) is 4.41. The number of aliphatic hydroxyl groups is 1. The van der Waals surface area contributed by atoms with Crippen LogP contribution in [0, 0.1) is 11.5 Å². The van der Waals surface area contributed by atoms with Gasteiger partial charge in [-0.2, -0.15) is 5.26 Å². The topological polar surface area (TPSA) is 44.0 Å². The Bertz CT molecular complexity index is 51.7. The molecule has 52 valence electrons. The van der Waals surface area contributed by atoms with Crippen molar-refractivity contribution in [1.82, 2.24) is 0 Å². The van der Waals surface area contributed by atoms with Crippen molar-refractivity contribution in [3.63, 3.8) is 0 Å². The van der Waals surface area contributed by atoms with Gasteiger partial charge in [-0.3, -0.25) is 0 Å². The van der Waals surface area contributed by atoms with E-state index in [0.717, 1.165) is 6.26 Å². The summed E-state index contributed by atoms with van der Waals surface area (Å²) in [5.41, 5.74) is 0. The molecule has 0 spiro atoms. The number of hydrogen-bond donors (Lipinski definition) is 1. The van der Waals surface area contributed by atoms with Gasteiger partial charge in [-0.25, -0.2) is 0 Å². The molecule has 0 fully saturated rings. The van der Waals surface area contributed by atoms with Gasteiger partial charge in [-0.1, -0.05) is 0 Å². The van der Waals surface area contributed by atoms with Crippen molar-refractivity contribution in [2.45, 2.75) is 0 Å². The molecular weight excluding hydrogens is 114 g/mol. The van der Waals surface area contributed by atoms with Crippen molar-refractivity contribution in [1.29, 1.82) is 5.26 Å². The van der Waals surface area contributed by atoms with E-state index < -0.39 is 0 Å². The predicted octanol–water partition coefficient (Wildman–Crippen LogP) is 2.25. The first-order valence-electron chi connectivity index (χ1n) is 1.95. The van der Waals surface area contributed by atoms with Crippen LogP contribution < -0.4 is 0 Å². The Balaban J connectivity index is -0.0000000190. The third-order valence-corrected chi connectivity index (χ3v) is 0. The fraction of sp³-hybridized carbons (Fsp3) is 0. The van der Waals surface area contributed by atoms with Gasteiger partial charge in [0.15, 0.2) is 0 Å². The maximum atomic E-state index is 6.88. The molecule has 0 saturated carbocycles. The number of hydrogen-bond acceptors (Lipinski definition) is 2. The van der Waals surface area contributed by atoms with E-state index in [2.05, 4.69) is 39.5 Å². The maximum absolute atomic E-state index is 6.88. The molecule has 0 aromatic carbocycles. The quantitative estimate of drug-likeness (QED) is 0.400. The van der Waals surface area contributed by atoms with Crippen molar-refractivity contribution in [2.75, 3.05) is 0 Å². The minimum absolute atomic E-state index is 0.750. The summed E-state index contributed by atoms with van der Waals surface area (Å²) in [7, 11) is 0. The smallest absolute Gasteiger partial charge is 0.283 e. The van der Waals surface area contributed by atoms with Crippen molar-refractivity contribution in [2.24, 2.45) is 0 Å². The van der Waals surface area contributed by atoms with Gasteiger partial charge in [-0.15, -0.1) is 39.5 Å². The Morgan fingerprint density at radius 2 is 0.889 bits per heavy atom. The first-order valence-corrected chi connectivity index (χ1v) is 1.95. The van der Waals surface area contributed by atoms with Crippen molar-refractivity contribution >= 4 is 0 Å². The van der Waals surface area contributed by atoms with Gasteiger partial charge in [0.05, 0.1) is 0 Å². The molecule has 9 heavy (non-hydrogen) atoms. The summed E-state index contributed by atoms with van der Waals surface area (Å²) in [5.74, 6) is 0. The van der Waals surface area contributed by atoms with E-state index in [1.165, 1.54) is 0 Å². The first kappa shape index (κ1) is 25.8. The molecule has 0 amide bonds. The average molecular weight is 127 g/mol. The molecule has 0 bridgehead atoms. The number of nitrogens with zero attached hydrogens (tertiary/aromatic N) is 1. The molecule has 0 aliphatic heterocycles. The number of nitriles is 1. The van der Waals surface area contributed by atoms with Crippen molar-refractivity contribution < 1.29 is 5.11 Å². The van der Waals surface area contributed by atoms with E-state index in [9.17, 15) is 0 Å². The van der Waals surface area contributed by atoms with Crippen LogP contribution in [0.2, 0.25) is 0 Å². The van der Waals surface area contributed by atoms with Gasteiger partial charge < -0.3 is 5.11 Å². The van der Waals surface area contributed by atoms with Crippen LogP contribution in [0.15, 0.2) is 39.5 Å². The third kappa shape index (κ3) is 59.6. The maximum Gasteiger partial charge on any atom is 0.283 e. The highest BCUT2D eigenvalue weighted by Gasteiger charge is 1.16. The number of aliphatic hydroxyl groups excluding tert-OH is 1. The van der Waals surface area contributed by atoms with E-state index in [1.807, 2.05) is 0 Å². The van der Waals surface area contributed by atoms with Crippen LogP contribution in [0.3, 0.4) is 0 Å². The molecule has 0 atom stereocenters. The van der Waals surface area contributed by atoms with Crippen LogP contribution in [-0.4, -0.2) is 5.11 Å². The second-order valence-corrected chi connectivity index (χ2v) is 0.100. The molecule has 0 aromatic heterocycles. The van der Waals surface area contributed by atoms with Crippen molar-refractivity contribution in [3.8, 4) is 6.26 Å². The standard InChI is InChI=1S/3C2H4.CHNO/c3*1-2;2-1-3/h3*1-2H2;3H. The zero-order valence-corrected chi connectivity index (χ0v) is 5.64. The molecule has 0 aliphatic rings. The van der Waals surface area contributed by atoms with Gasteiger partial charge in [-0.05, 0) is 0 Å². The van der Waals surface area contributed by atoms with Gasteiger partial charge >= 0.3 is 0 Å². The van der Waals surface area contributed by atoms with Crippen LogP contribution in [0.25, 0.3) is 0 Å². The number of rotatable bonds is 0. The normalized spacial score (nSPS) is 2.11. The summed E-state index contributed by atoms with van der Waals surface area (Å²) in [4.78, 5) is 0. The Kier molecular flexibility index (Phi) is 2360. The Morgan fingerprint density at radius 3 is 0.889 bits per heavy atom. The van der Waals surface area contributed by atoms with Crippen LogP contribution >= 0.6 is 0 Å². The molecule has 2 heteroatoms. The highest BCUT2D eigenvalue weighted by atomic mass is 16.2. The molecule has 0 saturated heterocycles. The summed E-state index contributed by atoms with van der Waals surface area (Å²) in [6.07, 6.45) is 0.750. The molecule has 0 heterocycles. The van der Waals surface area contributed by atoms with E-state index in [4.69, 9.17) is 10.4 Å². The summed E-state index contributed by atoms with van der Waals surface area (Å²) in [6, 6.07) is 0. The minimum atomic E-state index is 0.750. The van der Waals surface area contributed by atoms with Gasteiger partial charge in [0.2, 0.25) is 0 Å². The monoisotopic (exact) mass is 127 g/mol. The lowest BCUT2D eigenvalue weighted by molar-refractivity contribution is 0.503. The lowest BCUT2D eigenvalue weighted by Gasteiger charge is -1.25. The summed E-state index contributed by atoms with van der Waals surface area (Å²) in [5, 5.41) is 13.8. The van der Waals surface area contributed by atoms with E-state index in [-0.39, 0.29) is 0 Å². The molecule has 0 rings (SSSR count). The lowest BCUT2D eigenvalue weighted by atomic mass is 11.3. The Morgan fingerprint density at radius 1 is 0.889 bits per heavy atom. The van der Waals surface area contributed by atoms with Gasteiger partial charge in [0.25, 0.3) is 6.26 Å². The van der Waals surface area contributed by atoms with Crippen LogP contribution in [0.4, 0.5) is 0 Å². The predicted molar refractivity (Wildman–Crippen MR) is 41.3 cm³/mol. The summed E-state index contributed by atoms with van der Waals surface area (Å²) >= 11 is 0. The highest BCUT2D eigenvalue weighted by molar-refractivity contribution is 4.30. The Labute approximate surface area is 57.1 Å². The molecular formula is C7H13NO. The minimum Gasteiger partial charge on any atom is -0.443 e. The van der Waals surface area contributed by atoms with Crippen LogP contribution in [-0.2, 0) is 0 Å². The molecule has 2 nitrogen and oxygen atoms in total. The fourth-order valence-corrected chi connectivity index (χ4v) is 0. The molecule has 0 aromatic rings. The molecule has 0 unspecified atom stereocenters. The highest BCUT2D eigenvalue weighted by Crippen LogP contribution is 1.06. The lowest BCUT2D eigenvalue weighted by Crippen LogP contribution is -1.27. The van der Waals surface area contributed by atoms with E-state index >= 15 is 0 Å². The molecule has 0 aliphatic carbocycles. The average Bonchev–Trinajstić information content (AvgIpc) is 2.01. The van der Waals surface area contributed by atoms with Crippen LogP contribution in [0.1, 0.15) is 0 Å². The largest absolute Gasteiger partial charge is 0.443 e. The van der Waals surface area contributed by atoms with Gasteiger partial charge in [0, 0.05) is 0 Å². The Hall–Kier alpha value is -1.49. The van der Waals surface area contributed by atoms with Crippen molar-refractivity contribution in [3.05, 3.63) is 39.5 Å². The molecule has 0 radical (unpaired) electrons. The fourth-order valence-electron chi connectivity index (χ4n) is 0. The zero-order valence-electron chi connectivity index (χ0n) is 5.64. The zero-order chi connectivity index (χ0) is 8.71. The molecule has 1 N–H and O–H groups in total. The van der Waals surface area contributed by atoms with E-state index in [0.29, 0.717) is 0 Å². The van der Waals surface area contributed by atoms with Crippen LogP contribution in [0.5, 0.6) is 0 Å². The van der Waals surface area contributed by atoms with Gasteiger partial charge in [0.1, 0.15) is 0 Å². The van der Waals surface area contributed by atoms with E-state index in [1.54, 1.807) is 0 Å². The second kappa shape index (κ2) is 823. The summed E-state index contributed by atoms with van der Waals surface area (Å²) < 4.78 is 0. The second-order valence-electron chi connectivity index (χ2n) is 0.100. The SMILES string of the molecule is C=C.C=C.C=C.N#CO. The third-order valence-electron chi connectivity index (χ3n) is 0.